The van der Waals surface area contributed by atoms with Crippen LogP contribution in [-0.4, -0.2) is 19.3 Å². The zero-order valence-corrected chi connectivity index (χ0v) is 18.4. The van der Waals surface area contributed by atoms with Crippen molar-refractivity contribution in [3.05, 3.63) is 41.0 Å². The molecule has 1 aromatic heterocycles. The highest BCUT2D eigenvalue weighted by atomic mass is 19.2. The maximum atomic E-state index is 15.1. The Morgan fingerprint density at radius 1 is 0.844 bits per heavy atom. The summed E-state index contributed by atoms with van der Waals surface area (Å²) in [6, 6.07) is 2.64. The van der Waals surface area contributed by atoms with Gasteiger partial charge in [-0.25, -0.2) is 13.2 Å². The lowest BCUT2D eigenvalue weighted by atomic mass is 9.82. The lowest BCUT2D eigenvalue weighted by molar-refractivity contribution is 0.0325. The minimum absolute atomic E-state index is 0.00210. The predicted octanol–water partition coefficient (Wildman–Crippen LogP) is 7.77. The summed E-state index contributed by atoms with van der Waals surface area (Å²) >= 11 is 0. The SMILES string of the molecule is CCCCCOc1cc2oc3cc(C4CCC(OCC)CC4)c(F)c(F)c3c2c(F)c1F. The molecule has 1 aliphatic carbocycles. The van der Waals surface area contributed by atoms with E-state index in [-0.39, 0.29) is 46.5 Å². The highest BCUT2D eigenvalue weighted by Crippen LogP contribution is 2.42. The normalized spacial score (nSPS) is 19.2. The van der Waals surface area contributed by atoms with E-state index in [9.17, 15) is 8.78 Å². The van der Waals surface area contributed by atoms with Crippen molar-refractivity contribution in [1.29, 1.82) is 0 Å². The van der Waals surface area contributed by atoms with Gasteiger partial charge in [0.1, 0.15) is 11.2 Å². The molecule has 0 amide bonds. The van der Waals surface area contributed by atoms with Gasteiger partial charge < -0.3 is 13.9 Å². The van der Waals surface area contributed by atoms with Crippen molar-refractivity contribution < 1.29 is 31.5 Å². The van der Waals surface area contributed by atoms with Crippen LogP contribution >= 0.6 is 0 Å². The molecule has 0 N–H and O–H groups in total. The van der Waals surface area contributed by atoms with Crippen molar-refractivity contribution in [2.24, 2.45) is 0 Å². The number of benzene rings is 2. The van der Waals surface area contributed by atoms with E-state index in [0.717, 1.165) is 25.7 Å². The van der Waals surface area contributed by atoms with E-state index < -0.39 is 28.7 Å². The molecule has 0 saturated heterocycles. The molecule has 174 valence electrons. The second kappa shape index (κ2) is 9.69. The number of fused-ring (bicyclic) bond motifs is 3. The zero-order chi connectivity index (χ0) is 22.8. The number of unbranched alkanes of at least 4 members (excludes halogenated alkanes) is 2. The first-order chi connectivity index (χ1) is 15.5. The molecule has 0 spiro atoms. The topological polar surface area (TPSA) is 31.6 Å². The van der Waals surface area contributed by atoms with E-state index >= 15 is 8.78 Å². The minimum atomic E-state index is -1.30. The van der Waals surface area contributed by atoms with Crippen LogP contribution in [0.15, 0.2) is 16.5 Å². The van der Waals surface area contributed by atoms with Gasteiger partial charge in [-0.1, -0.05) is 19.8 Å². The molecule has 0 unspecified atom stereocenters. The van der Waals surface area contributed by atoms with Crippen LogP contribution in [0.3, 0.4) is 0 Å². The van der Waals surface area contributed by atoms with Crippen molar-refractivity contribution in [3.8, 4) is 5.75 Å². The molecular formula is C25H28F4O3. The van der Waals surface area contributed by atoms with Crippen LogP contribution in [-0.2, 0) is 4.74 Å². The molecule has 2 aromatic carbocycles. The quantitative estimate of drug-likeness (QED) is 0.258. The molecule has 0 radical (unpaired) electrons. The number of hydrogen-bond donors (Lipinski definition) is 0. The van der Waals surface area contributed by atoms with Crippen molar-refractivity contribution in [2.45, 2.75) is 70.8 Å². The smallest absolute Gasteiger partial charge is 0.201 e. The molecule has 1 fully saturated rings. The molecule has 4 rings (SSSR count). The van der Waals surface area contributed by atoms with E-state index in [1.165, 1.54) is 12.1 Å². The van der Waals surface area contributed by atoms with Crippen LogP contribution in [0.25, 0.3) is 21.9 Å². The Kier molecular flexibility index (Phi) is 6.93. The van der Waals surface area contributed by atoms with Crippen molar-refractivity contribution in [3.63, 3.8) is 0 Å². The van der Waals surface area contributed by atoms with E-state index in [2.05, 4.69) is 0 Å². The third-order valence-electron chi connectivity index (χ3n) is 6.33. The molecule has 0 bridgehead atoms. The van der Waals surface area contributed by atoms with E-state index in [1.807, 2.05) is 13.8 Å². The lowest BCUT2D eigenvalue weighted by Crippen LogP contribution is -2.21. The third kappa shape index (κ3) is 4.19. The standard InChI is InChI=1S/C25H28F4O3/c1-3-5-6-11-31-19-13-18-21(25(29)23(19)27)20-17(32-18)12-16(22(26)24(20)28)14-7-9-15(10-8-14)30-4-2/h12-15H,3-11H2,1-2H3. The Hall–Kier alpha value is -2.28. The van der Waals surface area contributed by atoms with Gasteiger partial charge in [0.2, 0.25) is 5.82 Å². The Labute approximate surface area is 184 Å². The highest BCUT2D eigenvalue weighted by Gasteiger charge is 2.30. The summed E-state index contributed by atoms with van der Waals surface area (Å²) in [4.78, 5) is 0. The van der Waals surface area contributed by atoms with Crippen LogP contribution in [0.4, 0.5) is 17.6 Å². The summed E-state index contributed by atoms with van der Waals surface area (Å²) in [7, 11) is 0. The van der Waals surface area contributed by atoms with Crippen molar-refractivity contribution in [1.82, 2.24) is 0 Å². The fraction of sp³-hybridized carbons (Fsp3) is 0.520. The molecule has 1 heterocycles. The van der Waals surface area contributed by atoms with Crippen molar-refractivity contribution in [2.75, 3.05) is 13.2 Å². The number of halogens is 4. The Morgan fingerprint density at radius 2 is 1.50 bits per heavy atom. The number of hydrogen-bond acceptors (Lipinski definition) is 3. The average molecular weight is 452 g/mol. The number of rotatable bonds is 8. The molecule has 3 nitrogen and oxygen atoms in total. The lowest BCUT2D eigenvalue weighted by Gasteiger charge is -2.28. The first-order valence-corrected chi connectivity index (χ1v) is 11.4. The largest absolute Gasteiger partial charge is 0.490 e. The third-order valence-corrected chi connectivity index (χ3v) is 6.33. The first-order valence-electron chi connectivity index (χ1n) is 11.4. The van der Waals surface area contributed by atoms with E-state index in [0.29, 0.717) is 25.9 Å². The number of furan rings is 1. The predicted molar refractivity (Wildman–Crippen MR) is 115 cm³/mol. The van der Waals surface area contributed by atoms with E-state index in [4.69, 9.17) is 13.9 Å². The Balaban J connectivity index is 1.71. The zero-order valence-electron chi connectivity index (χ0n) is 18.4. The van der Waals surface area contributed by atoms with Gasteiger partial charge in [0.05, 0.1) is 23.5 Å². The molecule has 1 aliphatic rings. The Bertz CT molecular complexity index is 1100. The van der Waals surface area contributed by atoms with Gasteiger partial charge in [0.25, 0.3) is 0 Å². The van der Waals surface area contributed by atoms with Gasteiger partial charge in [-0.2, -0.15) is 4.39 Å². The molecule has 7 heteroatoms. The van der Waals surface area contributed by atoms with E-state index in [1.54, 1.807) is 0 Å². The molecule has 0 atom stereocenters. The minimum Gasteiger partial charge on any atom is -0.490 e. The van der Waals surface area contributed by atoms with Crippen LogP contribution < -0.4 is 4.74 Å². The Morgan fingerprint density at radius 3 is 2.16 bits per heavy atom. The van der Waals surface area contributed by atoms with Gasteiger partial charge in [0.15, 0.2) is 23.2 Å². The molecule has 32 heavy (non-hydrogen) atoms. The highest BCUT2D eigenvalue weighted by molar-refractivity contribution is 6.06. The summed E-state index contributed by atoms with van der Waals surface area (Å²) in [6.45, 7) is 4.80. The monoisotopic (exact) mass is 452 g/mol. The summed E-state index contributed by atoms with van der Waals surface area (Å²) < 4.78 is 76.2. The summed E-state index contributed by atoms with van der Waals surface area (Å²) in [5.74, 6) is -5.24. The second-order valence-electron chi connectivity index (χ2n) is 8.43. The summed E-state index contributed by atoms with van der Waals surface area (Å²) in [6.07, 6.45) is 5.53. The molecule has 3 aromatic rings. The van der Waals surface area contributed by atoms with Crippen LogP contribution in [0.5, 0.6) is 5.75 Å². The summed E-state index contributed by atoms with van der Waals surface area (Å²) in [5, 5.41) is -0.778. The van der Waals surface area contributed by atoms with Crippen LogP contribution in [0, 0.1) is 23.3 Å². The maximum Gasteiger partial charge on any atom is 0.201 e. The fourth-order valence-corrected chi connectivity index (χ4v) is 4.66. The summed E-state index contributed by atoms with van der Waals surface area (Å²) in [5.41, 5.74) is 0.142. The van der Waals surface area contributed by atoms with Gasteiger partial charge >= 0.3 is 0 Å². The van der Waals surface area contributed by atoms with Crippen molar-refractivity contribution >= 4 is 21.9 Å². The second-order valence-corrected chi connectivity index (χ2v) is 8.43. The molecular weight excluding hydrogens is 424 g/mol. The van der Waals surface area contributed by atoms with Crippen LogP contribution in [0.1, 0.15) is 70.3 Å². The van der Waals surface area contributed by atoms with Crippen LogP contribution in [0.2, 0.25) is 0 Å². The number of ether oxygens (including phenoxy) is 2. The fourth-order valence-electron chi connectivity index (χ4n) is 4.66. The molecule has 1 saturated carbocycles. The van der Waals surface area contributed by atoms with Gasteiger partial charge in [-0.15, -0.1) is 0 Å². The maximum absolute atomic E-state index is 15.1. The van der Waals surface area contributed by atoms with Gasteiger partial charge in [-0.3, -0.25) is 0 Å². The average Bonchev–Trinajstić information content (AvgIpc) is 3.16. The van der Waals surface area contributed by atoms with Gasteiger partial charge in [-0.05, 0) is 56.6 Å². The molecule has 0 aliphatic heterocycles. The van der Waals surface area contributed by atoms with Gasteiger partial charge in [0, 0.05) is 12.7 Å². The first kappa shape index (κ1) is 22.9.